The molecule has 0 aliphatic heterocycles. The number of hydrogen-bond donors (Lipinski definition) is 1. The molecule has 0 heterocycles. The molecule has 0 radical (unpaired) electrons. The van der Waals surface area contributed by atoms with Gasteiger partial charge in [0.1, 0.15) is 0 Å². The van der Waals surface area contributed by atoms with Crippen LogP contribution in [-0.4, -0.2) is 30.0 Å². The van der Waals surface area contributed by atoms with Crippen molar-refractivity contribution >= 4 is 5.97 Å². The molecule has 0 aliphatic rings. The quantitative estimate of drug-likeness (QED) is 0.707. The van der Waals surface area contributed by atoms with E-state index in [-0.39, 0.29) is 13.0 Å². The van der Waals surface area contributed by atoms with Crippen LogP contribution < -0.4 is 0 Å². The normalized spacial score (nSPS) is 13.6. The van der Waals surface area contributed by atoms with Gasteiger partial charge >= 0.3 is 12.1 Å². The second-order valence-corrected chi connectivity index (χ2v) is 3.21. The summed E-state index contributed by atoms with van der Waals surface area (Å²) in [7, 11) is 0. The molecule has 0 spiro atoms. The fourth-order valence-corrected chi connectivity index (χ4v) is 0.803. The Labute approximate surface area is 85.5 Å². The largest absolute Gasteiger partial charge is 0.481 e. The van der Waals surface area contributed by atoms with Crippen LogP contribution in [0.15, 0.2) is 12.2 Å². The van der Waals surface area contributed by atoms with E-state index in [0.717, 1.165) is 0 Å². The number of carboxylic acid groups (broad SMARTS) is 1. The topological polar surface area (TPSA) is 46.5 Å². The van der Waals surface area contributed by atoms with Gasteiger partial charge in [0.2, 0.25) is 0 Å². The summed E-state index contributed by atoms with van der Waals surface area (Å²) in [6.45, 7) is 4.98. The molecule has 0 aromatic rings. The number of halogens is 3. The highest BCUT2D eigenvalue weighted by Crippen LogP contribution is 2.25. The van der Waals surface area contributed by atoms with E-state index < -0.39 is 24.7 Å². The minimum atomic E-state index is -4.65. The zero-order valence-corrected chi connectivity index (χ0v) is 8.30. The fourth-order valence-electron chi connectivity index (χ4n) is 0.803. The summed E-state index contributed by atoms with van der Waals surface area (Å²) in [6.07, 6.45) is -7.67. The molecule has 0 amide bonds. The number of rotatable bonds is 6. The lowest BCUT2D eigenvalue weighted by molar-refractivity contribution is -0.223. The third-order valence-corrected chi connectivity index (χ3v) is 1.57. The van der Waals surface area contributed by atoms with E-state index in [4.69, 9.17) is 5.11 Å². The van der Waals surface area contributed by atoms with Gasteiger partial charge in [-0.15, -0.1) is 6.58 Å². The molecule has 0 fully saturated rings. The van der Waals surface area contributed by atoms with Gasteiger partial charge in [0, 0.05) is 0 Å². The van der Waals surface area contributed by atoms with E-state index in [1.807, 2.05) is 0 Å². The minimum absolute atomic E-state index is 0.174. The zero-order valence-electron chi connectivity index (χ0n) is 8.30. The minimum Gasteiger partial charge on any atom is -0.481 e. The number of carbonyl (C=O) groups is 1. The van der Waals surface area contributed by atoms with Crippen molar-refractivity contribution in [2.45, 2.75) is 32.0 Å². The van der Waals surface area contributed by atoms with Crippen molar-refractivity contribution in [3.05, 3.63) is 12.2 Å². The van der Waals surface area contributed by atoms with Crippen LogP contribution in [0.25, 0.3) is 0 Å². The van der Waals surface area contributed by atoms with Crippen molar-refractivity contribution in [3.8, 4) is 0 Å². The highest BCUT2D eigenvalue weighted by molar-refractivity contribution is 5.67. The predicted octanol–water partition coefficient (Wildman–Crippen LogP) is 2.37. The number of hydrogen-bond acceptors (Lipinski definition) is 2. The fraction of sp³-hybridized carbons (Fsp3) is 0.667. The Hall–Kier alpha value is -1.04. The first-order chi connectivity index (χ1) is 6.73. The lowest BCUT2D eigenvalue weighted by atomic mass is 10.2. The average Bonchev–Trinajstić information content (AvgIpc) is 1.99. The van der Waals surface area contributed by atoms with Crippen LogP contribution in [0, 0.1) is 0 Å². The molecule has 0 rings (SSSR count). The summed E-state index contributed by atoms with van der Waals surface area (Å²) in [5, 5.41) is 8.26. The van der Waals surface area contributed by atoms with Gasteiger partial charge in [-0.3, -0.25) is 4.79 Å². The first-order valence-electron chi connectivity index (χ1n) is 4.28. The van der Waals surface area contributed by atoms with Gasteiger partial charge in [0.25, 0.3) is 0 Å². The summed E-state index contributed by atoms with van der Waals surface area (Å²) >= 11 is 0. The maximum absolute atomic E-state index is 12.2. The first-order valence-corrected chi connectivity index (χ1v) is 4.28. The summed E-state index contributed by atoms with van der Waals surface area (Å²) in [4.78, 5) is 10.2. The van der Waals surface area contributed by atoms with E-state index in [1.54, 1.807) is 6.92 Å². The van der Waals surface area contributed by atoms with Gasteiger partial charge in [-0.2, -0.15) is 13.2 Å². The van der Waals surface area contributed by atoms with Crippen molar-refractivity contribution in [3.63, 3.8) is 0 Å². The maximum Gasteiger partial charge on any atom is 0.415 e. The van der Waals surface area contributed by atoms with Crippen LogP contribution in [0.4, 0.5) is 13.2 Å². The third-order valence-electron chi connectivity index (χ3n) is 1.57. The molecule has 0 saturated carbocycles. The molecule has 0 aromatic carbocycles. The van der Waals surface area contributed by atoms with Gasteiger partial charge < -0.3 is 9.84 Å². The van der Waals surface area contributed by atoms with Crippen LogP contribution >= 0.6 is 0 Å². The van der Waals surface area contributed by atoms with Gasteiger partial charge in [-0.05, 0) is 13.3 Å². The van der Waals surface area contributed by atoms with Crippen molar-refractivity contribution in [1.82, 2.24) is 0 Å². The van der Waals surface area contributed by atoms with Crippen LogP contribution in [-0.2, 0) is 9.53 Å². The van der Waals surface area contributed by atoms with E-state index in [0.29, 0.717) is 5.57 Å². The molecule has 0 aromatic heterocycles. The van der Waals surface area contributed by atoms with Crippen molar-refractivity contribution < 1.29 is 27.8 Å². The summed E-state index contributed by atoms with van der Waals surface area (Å²) in [6, 6.07) is 0. The van der Waals surface area contributed by atoms with Crippen LogP contribution in [0.2, 0.25) is 0 Å². The van der Waals surface area contributed by atoms with E-state index in [2.05, 4.69) is 11.3 Å². The van der Waals surface area contributed by atoms with Crippen molar-refractivity contribution in [2.75, 3.05) is 6.61 Å². The molecule has 0 bridgehead atoms. The van der Waals surface area contributed by atoms with Crippen LogP contribution in [0.1, 0.15) is 19.8 Å². The van der Waals surface area contributed by atoms with Gasteiger partial charge in [0.05, 0.1) is 13.0 Å². The molecular formula is C9H13F3O3. The molecule has 88 valence electrons. The smallest absolute Gasteiger partial charge is 0.415 e. The molecule has 6 heteroatoms. The Morgan fingerprint density at radius 3 is 2.40 bits per heavy atom. The molecule has 15 heavy (non-hydrogen) atoms. The monoisotopic (exact) mass is 226 g/mol. The van der Waals surface area contributed by atoms with E-state index >= 15 is 0 Å². The maximum atomic E-state index is 12.2. The number of aliphatic carboxylic acids is 1. The molecule has 0 aliphatic carbocycles. The van der Waals surface area contributed by atoms with Crippen molar-refractivity contribution in [2.24, 2.45) is 0 Å². The van der Waals surface area contributed by atoms with Gasteiger partial charge in [-0.25, -0.2) is 0 Å². The van der Waals surface area contributed by atoms with Crippen LogP contribution in [0.5, 0.6) is 0 Å². The number of alkyl halides is 3. The Kier molecular flexibility index (Phi) is 5.35. The highest BCUT2D eigenvalue weighted by atomic mass is 19.4. The van der Waals surface area contributed by atoms with Crippen molar-refractivity contribution in [1.29, 1.82) is 0 Å². The molecule has 1 unspecified atom stereocenters. The Morgan fingerprint density at radius 2 is 2.07 bits per heavy atom. The molecule has 1 atom stereocenters. The standard InChI is InChI=1S/C9H13F3O3/c1-6(2)3-4-15-7(5-8(13)14)9(10,11)12/h7H,1,3-5H2,2H3,(H,13,14). The summed E-state index contributed by atoms with van der Waals surface area (Å²) in [5.41, 5.74) is 0.686. The SMILES string of the molecule is C=C(C)CCOC(CC(=O)O)C(F)(F)F. The lowest BCUT2D eigenvalue weighted by Gasteiger charge is -2.19. The lowest BCUT2D eigenvalue weighted by Crippen LogP contribution is -2.34. The number of carboxylic acids is 1. The van der Waals surface area contributed by atoms with Gasteiger partial charge in [0.15, 0.2) is 6.10 Å². The highest BCUT2D eigenvalue weighted by Gasteiger charge is 2.41. The third kappa shape index (κ3) is 6.96. The zero-order chi connectivity index (χ0) is 12.1. The van der Waals surface area contributed by atoms with E-state index in [9.17, 15) is 18.0 Å². The molecular weight excluding hydrogens is 213 g/mol. The van der Waals surface area contributed by atoms with Gasteiger partial charge in [-0.1, -0.05) is 5.57 Å². The number of ether oxygens (including phenoxy) is 1. The Morgan fingerprint density at radius 1 is 1.53 bits per heavy atom. The second-order valence-electron chi connectivity index (χ2n) is 3.21. The van der Waals surface area contributed by atoms with Crippen LogP contribution in [0.3, 0.4) is 0 Å². The Bertz CT molecular complexity index is 235. The molecule has 3 nitrogen and oxygen atoms in total. The predicted molar refractivity (Wildman–Crippen MR) is 47.5 cm³/mol. The summed E-state index contributed by atoms with van der Waals surface area (Å²) < 4.78 is 41.0. The first kappa shape index (κ1) is 14.0. The van der Waals surface area contributed by atoms with E-state index in [1.165, 1.54) is 0 Å². The summed E-state index contributed by atoms with van der Waals surface area (Å²) in [5.74, 6) is -1.53. The Balaban J connectivity index is 4.14. The second kappa shape index (κ2) is 5.75. The molecule has 0 saturated heterocycles. The average molecular weight is 226 g/mol. The molecule has 1 N–H and O–H groups in total.